The fraction of sp³-hybridized carbons (Fsp3) is 0.0345. The molecule has 2 heterocycles. The summed E-state index contributed by atoms with van der Waals surface area (Å²) in [6.45, 7) is -2.27. The fourth-order valence-corrected chi connectivity index (χ4v) is 3.09. The van der Waals surface area contributed by atoms with Crippen LogP contribution in [0.1, 0.15) is 9.68 Å². The Labute approximate surface area is 215 Å². The van der Waals surface area contributed by atoms with Crippen LogP contribution in [0.3, 0.4) is 0 Å². The Kier molecular flexibility index (Phi) is 7.47. The van der Waals surface area contributed by atoms with E-state index in [1.54, 1.807) is 0 Å². The van der Waals surface area contributed by atoms with E-state index >= 15 is 0 Å². The molecule has 2 aromatic heterocycles. The molecule has 0 unspecified atom stereocenters. The Balaban J connectivity index is 0.000000200. The normalized spacial score (nSPS) is 11.6. The van der Waals surface area contributed by atoms with E-state index in [1.807, 2.05) is 54.7 Å². The van der Waals surface area contributed by atoms with Crippen LogP contribution < -0.4 is 0 Å². The van der Waals surface area contributed by atoms with Crippen LogP contribution in [0.15, 0.2) is 103 Å². The minimum Gasteiger partial charge on any atom is -0.304 e. The maximum absolute atomic E-state index is 13.5. The Morgan fingerprint density at radius 3 is 2.12 bits per heavy atom. The van der Waals surface area contributed by atoms with Crippen LogP contribution >= 0.6 is 0 Å². The Morgan fingerprint density at radius 2 is 1.47 bits per heavy atom. The van der Waals surface area contributed by atoms with E-state index in [-0.39, 0.29) is 36.9 Å². The predicted octanol–water partition coefficient (Wildman–Crippen LogP) is 7.35. The van der Waals surface area contributed by atoms with Crippen molar-refractivity contribution in [2.75, 3.05) is 0 Å². The third kappa shape index (κ3) is 6.28. The van der Waals surface area contributed by atoms with E-state index < -0.39 is 18.5 Å². The van der Waals surface area contributed by atoms with E-state index in [9.17, 15) is 8.78 Å². The zero-order chi connectivity index (χ0) is 25.5. The minimum absolute atomic E-state index is 0. The van der Waals surface area contributed by atoms with Crippen LogP contribution in [0.25, 0.3) is 33.6 Å². The van der Waals surface area contributed by atoms with Crippen LogP contribution in [0.5, 0.6) is 0 Å². The maximum Gasteiger partial charge on any atom is 0.0765 e. The van der Waals surface area contributed by atoms with E-state index in [2.05, 4.69) is 40.3 Å². The summed E-state index contributed by atoms with van der Waals surface area (Å²) in [4.78, 5) is 8.31. The maximum atomic E-state index is 13.5. The average Bonchev–Trinajstić information content (AvgIpc) is 2.91. The van der Waals surface area contributed by atoms with Crippen LogP contribution in [0, 0.1) is 30.6 Å². The minimum atomic E-state index is -2.27. The van der Waals surface area contributed by atoms with Gasteiger partial charge < -0.3 is 9.97 Å². The quantitative estimate of drug-likeness (QED) is 0.195. The molecule has 2 nitrogen and oxygen atoms in total. The summed E-state index contributed by atoms with van der Waals surface area (Å²) in [6.07, 6.45) is 3.03. The first-order valence-corrected chi connectivity index (χ1v) is 10.1. The zero-order valence-electron chi connectivity index (χ0n) is 20.8. The number of aryl methyl sites for hydroxylation is 1. The van der Waals surface area contributed by atoms with Crippen molar-refractivity contribution >= 4 is 0 Å². The van der Waals surface area contributed by atoms with Gasteiger partial charge in [0, 0.05) is 36.6 Å². The summed E-state index contributed by atoms with van der Waals surface area (Å²) in [5, 5.41) is 0. The smallest absolute Gasteiger partial charge is 0.0765 e. The van der Waals surface area contributed by atoms with Crippen LogP contribution in [-0.2, 0) is 20.1 Å². The van der Waals surface area contributed by atoms with E-state index in [1.165, 1.54) is 23.8 Å². The van der Waals surface area contributed by atoms with Crippen molar-refractivity contribution in [3.8, 4) is 33.6 Å². The van der Waals surface area contributed by atoms with Crippen molar-refractivity contribution in [2.24, 2.45) is 0 Å². The number of benzene rings is 3. The van der Waals surface area contributed by atoms with Gasteiger partial charge in [0.15, 0.2) is 0 Å². The Morgan fingerprint density at radius 1 is 0.706 bits per heavy atom. The second-order valence-electron chi connectivity index (χ2n) is 7.02. The van der Waals surface area contributed by atoms with Gasteiger partial charge in [0.25, 0.3) is 0 Å². The molecule has 0 aliphatic carbocycles. The molecule has 5 aromatic rings. The number of aromatic nitrogens is 2. The molecule has 171 valence electrons. The fourth-order valence-electron chi connectivity index (χ4n) is 3.09. The molecule has 0 amide bonds. The molecule has 0 bridgehead atoms. The van der Waals surface area contributed by atoms with Gasteiger partial charge in [-0.1, -0.05) is 60.2 Å². The zero-order valence-corrected chi connectivity index (χ0v) is 20.2. The first kappa shape index (κ1) is 21.0. The largest absolute Gasteiger partial charge is 0.304 e. The summed E-state index contributed by atoms with van der Waals surface area (Å²) in [5.74, 6) is -2.04. The van der Waals surface area contributed by atoms with Crippen molar-refractivity contribution in [1.29, 1.82) is 0 Å². The summed E-state index contributed by atoms with van der Waals surface area (Å²) >= 11 is 0. The van der Waals surface area contributed by atoms with Crippen LogP contribution in [0.4, 0.5) is 8.78 Å². The molecule has 0 aliphatic heterocycles. The molecule has 3 aromatic carbocycles. The topological polar surface area (TPSA) is 25.8 Å². The van der Waals surface area contributed by atoms with E-state index in [0.29, 0.717) is 0 Å². The molecule has 0 fully saturated rings. The summed E-state index contributed by atoms with van der Waals surface area (Å²) < 4.78 is 48.0. The van der Waals surface area contributed by atoms with Crippen molar-refractivity contribution in [2.45, 2.75) is 6.85 Å². The van der Waals surface area contributed by atoms with Gasteiger partial charge in [0.05, 0.1) is 11.6 Å². The van der Waals surface area contributed by atoms with Crippen molar-refractivity contribution in [3.63, 3.8) is 0 Å². The predicted molar refractivity (Wildman–Crippen MR) is 127 cm³/mol. The van der Waals surface area contributed by atoms with Gasteiger partial charge in [-0.3, -0.25) is 4.39 Å². The molecule has 5 rings (SSSR count). The molecule has 1 radical (unpaired) electrons. The number of rotatable bonds is 3. The van der Waals surface area contributed by atoms with Crippen LogP contribution in [-0.4, -0.2) is 9.97 Å². The number of hydrogen-bond donors (Lipinski definition) is 0. The molecule has 5 heteroatoms. The Bertz CT molecular complexity index is 1350. The molecule has 0 aliphatic rings. The first-order chi connectivity index (χ1) is 17.3. The average molecular weight is 630 g/mol. The molecule has 34 heavy (non-hydrogen) atoms. The summed E-state index contributed by atoms with van der Waals surface area (Å²) in [7, 11) is 0. The van der Waals surface area contributed by atoms with Crippen molar-refractivity contribution in [3.05, 3.63) is 133 Å². The molecule has 0 saturated heterocycles. The molecule has 0 atom stereocenters. The molecular formula is C29H20F2IrN2-2. The van der Waals surface area contributed by atoms with Gasteiger partial charge in [-0.2, -0.15) is 0 Å². The second-order valence-corrected chi connectivity index (χ2v) is 7.02. The first-order valence-electron chi connectivity index (χ1n) is 11.6. The number of nitrogens with zero attached hydrogens (tertiary/aromatic N) is 2. The third-order valence-corrected chi connectivity index (χ3v) is 4.76. The number of hydrogen-bond acceptors (Lipinski definition) is 2. The molecule has 0 N–H and O–H groups in total. The summed E-state index contributed by atoms with van der Waals surface area (Å²) in [6, 6.07) is 32.8. The monoisotopic (exact) mass is 630 g/mol. The SMILES string of the molecule is [2H]C([2H])([2H])c1ccc(-c2[c-]ccc(F)c2F)nc1.[Ir].[c-]1ccccc1-c1ccc(-c2ccccc2)cn1. The van der Waals surface area contributed by atoms with Crippen LogP contribution in [0.2, 0.25) is 0 Å². The third-order valence-electron chi connectivity index (χ3n) is 4.76. The van der Waals surface area contributed by atoms with Gasteiger partial charge >= 0.3 is 0 Å². The second kappa shape index (κ2) is 12.1. The summed E-state index contributed by atoms with van der Waals surface area (Å²) in [5.41, 5.74) is 4.37. The standard InChI is InChI=1S/C17H12N.C12H8F2N.Ir/c1-3-7-14(8-4-1)16-11-12-17(18-13-16)15-9-5-2-6-10-15;1-8-5-6-11(15-7-8)9-3-2-4-10(13)12(9)14;/h1-9,11-13H;2,4-7H,1H3;/q2*-1;/i;1D3;. The van der Waals surface area contributed by atoms with Gasteiger partial charge in [-0.15, -0.1) is 54.1 Å². The van der Waals surface area contributed by atoms with Gasteiger partial charge in [0.1, 0.15) is 0 Å². The molecule has 0 saturated carbocycles. The van der Waals surface area contributed by atoms with Gasteiger partial charge in [-0.25, -0.2) is 4.39 Å². The van der Waals surface area contributed by atoms with Crippen molar-refractivity contribution in [1.82, 2.24) is 9.97 Å². The molecular weight excluding hydrogens is 607 g/mol. The van der Waals surface area contributed by atoms with E-state index in [4.69, 9.17) is 4.11 Å². The molecule has 0 spiro atoms. The van der Waals surface area contributed by atoms with Crippen molar-refractivity contribution < 1.29 is 33.0 Å². The van der Waals surface area contributed by atoms with Gasteiger partial charge in [-0.05, 0) is 34.9 Å². The van der Waals surface area contributed by atoms with E-state index in [0.717, 1.165) is 29.1 Å². The Hall–Kier alpha value is -3.53. The van der Waals surface area contributed by atoms with Gasteiger partial charge in [0.2, 0.25) is 0 Å². The number of halogens is 2. The number of pyridine rings is 2.